The number of hydrogen-bond acceptors (Lipinski definition) is 2. The summed E-state index contributed by atoms with van der Waals surface area (Å²) in [7, 11) is 0. The van der Waals surface area contributed by atoms with Gasteiger partial charge in [0.25, 0.3) is 0 Å². The van der Waals surface area contributed by atoms with Crippen LogP contribution in [0.25, 0.3) is 0 Å². The fraction of sp³-hybridized carbons (Fsp3) is 0.833. The summed E-state index contributed by atoms with van der Waals surface area (Å²) in [5.74, 6) is 0.925. The molecule has 0 aromatic carbocycles. The van der Waals surface area contributed by atoms with Gasteiger partial charge < -0.3 is 10.2 Å². The van der Waals surface area contributed by atoms with Gasteiger partial charge in [-0.3, -0.25) is 4.79 Å². The second-order valence-electron chi connectivity index (χ2n) is 13.4. The van der Waals surface area contributed by atoms with Crippen molar-refractivity contribution in [2.24, 2.45) is 45.8 Å². The van der Waals surface area contributed by atoms with E-state index in [-0.39, 0.29) is 34.2 Å². The number of rotatable bonds is 6. The van der Waals surface area contributed by atoms with E-state index in [2.05, 4.69) is 48.1 Å². The van der Waals surface area contributed by atoms with Crippen LogP contribution < -0.4 is 0 Å². The van der Waals surface area contributed by atoms with Crippen LogP contribution in [0.1, 0.15) is 106 Å². The molecule has 0 amide bonds. The lowest BCUT2D eigenvalue weighted by atomic mass is 9.46. The van der Waals surface area contributed by atoms with Crippen LogP contribution in [0.4, 0.5) is 0 Å². The van der Waals surface area contributed by atoms with Gasteiger partial charge in [-0.2, -0.15) is 0 Å². The summed E-state index contributed by atoms with van der Waals surface area (Å²) < 4.78 is 0. The Hall–Kier alpha value is -1.09. The fourth-order valence-corrected chi connectivity index (χ4v) is 9.11. The van der Waals surface area contributed by atoms with Crippen LogP contribution in [0.15, 0.2) is 23.3 Å². The second-order valence-corrected chi connectivity index (χ2v) is 13.4. The number of fused-ring (bicyclic) bond motifs is 4. The Bertz CT molecular complexity index is 835. The van der Waals surface area contributed by atoms with E-state index in [9.17, 15) is 15.0 Å². The maximum absolute atomic E-state index is 12.4. The highest BCUT2D eigenvalue weighted by atomic mass is 16.4. The molecule has 4 aliphatic carbocycles. The summed E-state index contributed by atoms with van der Waals surface area (Å²) >= 11 is 0. The van der Waals surface area contributed by atoms with E-state index in [1.165, 1.54) is 12.0 Å². The van der Waals surface area contributed by atoms with E-state index in [1.807, 2.05) is 0 Å². The summed E-state index contributed by atoms with van der Waals surface area (Å²) in [6, 6.07) is 0. The maximum Gasteiger partial charge on any atom is 0.306 e. The van der Waals surface area contributed by atoms with Crippen molar-refractivity contribution >= 4 is 5.97 Å². The number of carboxylic acid groups (broad SMARTS) is 1. The Morgan fingerprint density at radius 3 is 2.39 bits per heavy atom. The van der Waals surface area contributed by atoms with Crippen LogP contribution in [0.3, 0.4) is 0 Å². The molecule has 0 heterocycles. The fourth-order valence-electron chi connectivity index (χ4n) is 9.11. The standard InChI is InChI=1S/C30H48O3/c1-18(2)19(3)8-9-21(27(32)33)23-12-11-22-20-10-13-25-28(4,5)26(31)15-17-30(25,7)24(20)14-16-29(22,23)6/h18,21-23,25-26,31H,3,8-17H2,1-2,4-7H3,(H,32,33)/t21-,22-,23-,25-,26-,29+,30+/m1/s1. The minimum Gasteiger partial charge on any atom is -0.481 e. The van der Waals surface area contributed by atoms with Gasteiger partial charge in [0, 0.05) is 0 Å². The number of carboxylic acids is 1. The molecule has 2 fully saturated rings. The van der Waals surface area contributed by atoms with Crippen LogP contribution in [0.5, 0.6) is 0 Å². The minimum absolute atomic E-state index is 0.0301. The molecule has 3 heteroatoms. The van der Waals surface area contributed by atoms with Gasteiger partial charge >= 0.3 is 5.97 Å². The number of aliphatic carboxylic acids is 1. The number of aliphatic hydroxyl groups excluding tert-OH is 1. The van der Waals surface area contributed by atoms with Crippen LogP contribution in [0, 0.1) is 45.8 Å². The van der Waals surface area contributed by atoms with Gasteiger partial charge in [0.1, 0.15) is 0 Å². The SMILES string of the molecule is C=C(CC[C@@H](C(=O)O)[C@H]1CC[C@@H]2C3=C(CC[C@@]21C)[C@]1(C)CC[C@@H](O)C(C)(C)[C@H]1CC3)C(C)C. The largest absolute Gasteiger partial charge is 0.481 e. The van der Waals surface area contributed by atoms with E-state index < -0.39 is 5.97 Å². The molecule has 0 saturated heterocycles. The first kappa shape index (κ1) is 25.0. The zero-order valence-electron chi connectivity index (χ0n) is 22.0. The Labute approximate surface area is 202 Å². The number of aliphatic hydroxyl groups is 1. The van der Waals surface area contributed by atoms with Crippen molar-refractivity contribution in [1.82, 2.24) is 0 Å². The number of allylic oxidation sites excluding steroid dienone is 3. The van der Waals surface area contributed by atoms with Crippen LogP contribution in [0.2, 0.25) is 0 Å². The van der Waals surface area contributed by atoms with Crippen LogP contribution >= 0.6 is 0 Å². The molecule has 0 radical (unpaired) electrons. The lowest BCUT2D eigenvalue weighted by Crippen LogP contribution is -2.53. The zero-order chi connectivity index (χ0) is 24.3. The zero-order valence-corrected chi connectivity index (χ0v) is 22.0. The third-order valence-electron chi connectivity index (χ3n) is 11.4. The van der Waals surface area contributed by atoms with Crippen molar-refractivity contribution in [3.63, 3.8) is 0 Å². The predicted octanol–water partition coefficient (Wildman–Crippen LogP) is 7.40. The van der Waals surface area contributed by atoms with Gasteiger partial charge in [-0.25, -0.2) is 0 Å². The van der Waals surface area contributed by atoms with Gasteiger partial charge in [0.05, 0.1) is 12.0 Å². The Kier molecular flexibility index (Phi) is 6.47. The van der Waals surface area contributed by atoms with Gasteiger partial charge in [-0.15, -0.1) is 0 Å². The summed E-state index contributed by atoms with van der Waals surface area (Å²) in [6.07, 6.45) is 10.2. The molecule has 0 spiro atoms. The Morgan fingerprint density at radius 2 is 1.76 bits per heavy atom. The topological polar surface area (TPSA) is 57.5 Å². The first-order chi connectivity index (χ1) is 15.3. The lowest BCUT2D eigenvalue weighted by molar-refractivity contribution is -0.146. The molecule has 0 bridgehead atoms. The van der Waals surface area contributed by atoms with Gasteiger partial charge in [0.2, 0.25) is 0 Å². The molecule has 0 aromatic rings. The molecule has 4 aliphatic rings. The molecule has 4 rings (SSSR count). The van der Waals surface area contributed by atoms with E-state index in [1.54, 1.807) is 11.1 Å². The third kappa shape index (κ3) is 3.85. The monoisotopic (exact) mass is 456 g/mol. The summed E-state index contributed by atoms with van der Waals surface area (Å²) in [5, 5.41) is 21.0. The van der Waals surface area contributed by atoms with E-state index >= 15 is 0 Å². The van der Waals surface area contributed by atoms with Crippen LogP contribution in [-0.4, -0.2) is 22.3 Å². The highest BCUT2D eigenvalue weighted by Crippen LogP contribution is 2.68. The lowest BCUT2D eigenvalue weighted by Gasteiger charge is -2.60. The summed E-state index contributed by atoms with van der Waals surface area (Å²) in [4.78, 5) is 12.4. The molecular formula is C30H48O3. The average Bonchev–Trinajstić information content (AvgIpc) is 3.08. The molecule has 0 unspecified atom stereocenters. The van der Waals surface area contributed by atoms with E-state index in [4.69, 9.17) is 0 Å². The average molecular weight is 457 g/mol. The predicted molar refractivity (Wildman–Crippen MR) is 135 cm³/mol. The molecule has 0 aliphatic heterocycles. The van der Waals surface area contributed by atoms with Gasteiger partial charge in [0.15, 0.2) is 0 Å². The molecule has 0 aromatic heterocycles. The van der Waals surface area contributed by atoms with Crippen molar-refractivity contribution in [1.29, 1.82) is 0 Å². The van der Waals surface area contributed by atoms with Gasteiger partial charge in [-0.1, -0.05) is 64.8 Å². The van der Waals surface area contributed by atoms with Crippen molar-refractivity contribution in [3.05, 3.63) is 23.3 Å². The molecule has 2 saturated carbocycles. The first-order valence-electron chi connectivity index (χ1n) is 13.6. The van der Waals surface area contributed by atoms with Crippen molar-refractivity contribution in [2.75, 3.05) is 0 Å². The third-order valence-corrected chi connectivity index (χ3v) is 11.4. The molecule has 3 nitrogen and oxygen atoms in total. The highest BCUT2D eigenvalue weighted by Gasteiger charge is 2.59. The molecule has 7 atom stereocenters. The molecule has 2 N–H and O–H groups in total. The quantitative estimate of drug-likeness (QED) is 0.409. The Morgan fingerprint density at radius 1 is 1.06 bits per heavy atom. The first-order valence-corrected chi connectivity index (χ1v) is 13.6. The van der Waals surface area contributed by atoms with Crippen molar-refractivity contribution in [2.45, 2.75) is 112 Å². The number of carbonyl (C=O) groups is 1. The van der Waals surface area contributed by atoms with Gasteiger partial charge in [-0.05, 0) is 104 Å². The normalized spacial score (nSPS) is 40.7. The highest BCUT2D eigenvalue weighted by molar-refractivity contribution is 5.70. The van der Waals surface area contributed by atoms with E-state index in [0.717, 1.165) is 57.8 Å². The smallest absolute Gasteiger partial charge is 0.306 e. The van der Waals surface area contributed by atoms with Crippen molar-refractivity contribution < 1.29 is 15.0 Å². The summed E-state index contributed by atoms with van der Waals surface area (Å²) in [6.45, 7) is 18.0. The minimum atomic E-state index is -0.600. The molecule has 33 heavy (non-hydrogen) atoms. The molecular weight excluding hydrogens is 408 g/mol. The Balaban J connectivity index is 1.61. The second kappa shape index (κ2) is 8.54. The van der Waals surface area contributed by atoms with Crippen molar-refractivity contribution in [3.8, 4) is 0 Å². The number of hydrogen-bond donors (Lipinski definition) is 2. The maximum atomic E-state index is 12.4. The van der Waals surface area contributed by atoms with Crippen LogP contribution in [-0.2, 0) is 4.79 Å². The molecule has 186 valence electrons. The summed E-state index contributed by atoms with van der Waals surface area (Å²) in [5.41, 5.74) is 4.88. The van der Waals surface area contributed by atoms with E-state index in [0.29, 0.717) is 17.8 Å².